The van der Waals surface area contributed by atoms with Gasteiger partial charge in [0.25, 0.3) is 5.91 Å². The summed E-state index contributed by atoms with van der Waals surface area (Å²) in [7, 11) is 0. The quantitative estimate of drug-likeness (QED) is 0.556. The first-order valence-electron chi connectivity index (χ1n) is 12.9. The fraction of sp³-hybridized carbons (Fsp3) is 0.429. The Morgan fingerprint density at radius 1 is 1.18 bits per heavy atom. The lowest BCUT2D eigenvalue weighted by atomic mass is 9.95. The van der Waals surface area contributed by atoms with Crippen molar-refractivity contribution in [2.75, 3.05) is 31.1 Å². The van der Waals surface area contributed by atoms with Gasteiger partial charge in [-0.2, -0.15) is 5.26 Å². The second-order valence-electron chi connectivity index (χ2n) is 10.5. The predicted molar refractivity (Wildman–Crippen MR) is 136 cm³/mol. The highest BCUT2D eigenvalue weighted by molar-refractivity contribution is 5.94. The van der Waals surface area contributed by atoms with E-state index in [2.05, 4.69) is 16.4 Å². The number of esters is 1. The van der Waals surface area contributed by atoms with Crippen LogP contribution in [-0.4, -0.2) is 72.1 Å². The van der Waals surface area contributed by atoms with E-state index >= 15 is 0 Å². The van der Waals surface area contributed by atoms with E-state index in [1.54, 1.807) is 16.0 Å². The number of nitrogens with one attached hydrogen (secondary N) is 1. The van der Waals surface area contributed by atoms with Crippen LogP contribution in [0.25, 0.3) is 11.1 Å². The first kappa shape index (κ1) is 24.9. The molecule has 6 rings (SSSR count). The van der Waals surface area contributed by atoms with Crippen LogP contribution >= 0.6 is 0 Å². The van der Waals surface area contributed by atoms with Crippen LogP contribution in [0.2, 0.25) is 0 Å². The number of aromatic nitrogens is 1. The summed E-state index contributed by atoms with van der Waals surface area (Å²) in [5.41, 5.74) is 3.65. The van der Waals surface area contributed by atoms with Gasteiger partial charge in [0, 0.05) is 50.5 Å². The molecule has 200 valence electrons. The number of amides is 3. The molecular weight excluding hydrogens is 502 g/mol. The molecule has 1 saturated carbocycles. The van der Waals surface area contributed by atoms with Crippen LogP contribution in [0.15, 0.2) is 36.5 Å². The molecule has 1 aromatic heterocycles. The fourth-order valence-electron chi connectivity index (χ4n) is 6.38. The number of fused-ring (bicyclic) bond motifs is 4. The Bertz CT molecular complexity index is 1420. The highest BCUT2D eigenvalue weighted by Crippen LogP contribution is 2.62. The van der Waals surface area contributed by atoms with E-state index in [4.69, 9.17) is 9.47 Å². The SMILES string of the molecule is CC(=O)NC[C@@H]1OC(=O)N2c3ccc(-c4ccc([C@]5(C#N)[C@@H]6CN(C(=O)COC(C)=O)C[C@@H]65)nc4)cc3C[C@@H]12. The number of ether oxygens (including phenoxy) is 2. The number of carbonyl (C=O) groups excluding carboxylic acids is 4. The molecule has 2 saturated heterocycles. The zero-order valence-electron chi connectivity index (χ0n) is 21.5. The van der Waals surface area contributed by atoms with E-state index in [-0.39, 0.29) is 42.8 Å². The molecule has 0 spiro atoms. The Labute approximate surface area is 224 Å². The Morgan fingerprint density at radius 3 is 2.56 bits per heavy atom. The molecule has 1 N–H and O–H groups in total. The number of anilines is 1. The molecule has 0 bridgehead atoms. The number of pyridine rings is 1. The molecule has 4 heterocycles. The number of nitriles is 1. The summed E-state index contributed by atoms with van der Waals surface area (Å²) in [5, 5.41) is 12.8. The lowest BCUT2D eigenvalue weighted by molar-refractivity contribution is -0.150. The molecule has 5 atom stereocenters. The first-order chi connectivity index (χ1) is 18.7. The largest absolute Gasteiger partial charge is 0.456 e. The molecule has 4 aliphatic rings. The van der Waals surface area contributed by atoms with Crippen molar-refractivity contribution >= 4 is 29.6 Å². The number of hydrogen-bond acceptors (Lipinski definition) is 8. The summed E-state index contributed by atoms with van der Waals surface area (Å²) in [6, 6.07) is 12.0. The van der Waals surface area contributed by atoms with Crippen LogP contribution in [-0.2, 0) is 35.7 Å². The summed E-state index contributed by atoms with van der Waals surface area (Å²) in [5.74, 6) is -0.919. The normalized spacial score (nSPS) is 27.7. The number of carbonyl (C=O) groups is 4. The van der Waals surface area contributed by atoms with Gasteiger partial charge in [-0.3, -0.25) is 24.3 Å². The highest BCUT2D eigenvalue weighted by Gasteiger charge is 2.71. The van der Waals surface area contributed by atoms with Crippen LogP contribution < -0.4 is 10.2 Å². The van der Waals surface area contributed by atoms with Crippen LogP contribution in [0.5, 0.6) is 0 Å². The third kappa shape index (κ3) is 3.98. The molecule has 3 fully saturated rings. The van der Waals surface area contributed by atoms with Gasteiger partial charge in [-0.1, -0.05) is 12.1 Å². The van der Waals surface area contributed by atoms with E-state index in [0.29, 0.717) is 25.2 Å². The Balaban J connectivity index is 1.15. The molecule has 0 unspecified atom stereocenters. The van der Waals surface area contributed by atoms with Crippen molar-refractivity contribution in [3.05, 3.63) is 47.8 Å². The molecular formula is C28H27N5O6. The average Bonchev–Trinajstić information content (AvgIpc) is 3.28. The summed E-state index contributed by atoms with van der Waals surface area (Å²) < 4.78 is 10.3. The van der Waals surface area contributed by atoms with Crippen molar-refractivity contribution in [3.8, 4) is 17.2 Å². The average molecular weight is 530 g/mol. The van der Waals surface area contributed by atoms with Gasteiger partial charge in [0.05, 0.1) is 30.0 Å². The van der Waals surface area contributed by atoms with Gasteiger partial charge in [-0.15, -0.1) is 0 Å². The molecule has 11 heteroatoms. The Morgan fingerprint density at radius 2 is 1.92 bits per heavy atom. The van der Waals surface area contributed by atoms with E-state index in [9.17, 15) is 24.4 Å². The summed E-state index contributed by atoms with van der Waals surface area (Å²) in [6.07, 6.45) is 1.57. The van der Waals surface area contributed by atoms with Crippen molar-refractivity contribution in [3.63, 3.8) is 0 Å². The number of piperidine rings is 1. The molecule has 11 nitrogen and oxygen atoms in total. The van der Waals surface area contributed by atoms with E-state index in [1.165, 1.54) is 13.8 Å². The van der Waals surface area contributed by atoms with E-state index < -0.39 is 23.6 Å². The Kier molecular flexibility index (Phi) is 5.79. The molecule has 0 radical (unpaired) electrons. The first-order valence-corrected chi connectivity index (χ1v) is 12.9. The minimum absolute atomic E-state index is 0.000718. The van der Waals surface area contributed by atoms with Crippen LogP contribution in [0.4, 0.5) is 10.5 Å². The second kappa shape index (κ2) is 9.08. The summed E-state index contributed by atoms with van der Waals surface area (Å²) in [4.78, 5) is 55.1. The molecule has 3 amide bonds. The van der Waals surface area contributed by atoms with Gasteiger partial charge in [0.2, 0.25) is 5.91 Å². The van der Waals surface area contributed by atoms with Crippen LogP contribution in [0, 0.1) is 23.2 Å². The minimum atomic E-state index is -0.720. The number of cyclic esters (lactones) is 1. The van der Waals surface area contributed by atoms with Crippen molar-refractivity contribution in [2.24, 2.45) is 11.8 Å². The Hall–Kier alpha value is -4.46. The predicted octanol–water partition coefficient (Wildman–Crippen LogP) is 1.55. The van der Waals surface area contributed by atoms with Crippen molar-refractivity contribution in [1.82, 2.24) is 15.2 Å². The lowest BCUT2D eigenvalue weighted by Crippen LogP contribution is -2.40. The number of rotatable bonds is 6. The maximum atomic E-state index is 12.5. The van der Waals surface area contributed by atoms with Gasteiger partial charge in [-0.25, -0.2) is 4.79 Å². The number of nitrogens with zero attached hydrogens (tertiary/aromatic N) is 4. The molecule has 1 aliphatic carbocycles. The van der Waals surface area contributed by atoms with Gasteiger partial charge in [-0.05, 0) is 35.7 Å². The maximum absolute atomic E-state index is 12.5. The van der Waals surface area contributed by atoms with Crippen molar-refractivity contribution < 1.29 is 28.7 Å². The van der Waals surface area contributed by atoms with Crippen LogP contribution in [0.1, 0.15) is 25.1 Å². The second-order valence-corrected chi connectivity index (χ2v) is 10.5. The van der Waals surface area contributed by atoms with E-state index in [1.807, 2.05) is 30.3 Å². The molecule has 3 aliphatic heterocycles. The molecule has 2 aromatic rings. The zero-order valence-corrected chi connectivity index (χ0v) is 21.5. The number of benzene rings is 1. The standard InChI is InChI=1S/C28H27N5O6/c1-15(34)30-10-24-23-8-19-7-17(3-5-22(19)33(23)27(37)39-24)18-4-6-25(31-9-18)28(14-29)20-11-32(12-21(20)28)26(36)13-38-16(2)35/h3-7,9,20-21,23-24H,8,10-13H2,1-2H3,(H,30,34)/t20-,21+,23-,24-,28-/m0/s1. The fourth-order valence-corrected chi connectivity index (χ4v) is 6.38. The van der Waals surface area contributed by atoms with E-state index in [0.717, 1.165) is 22.4 Å². The summed E-state index contributed by atoms with van der Waals surface area (Å²) in [6.45, 7) is 3.57. The highest BCUT2D eigenvalue weighted by atomic mass is 16.6. The van der Waals surface area contributed by atoms with Gasteiger partial charge >= 0.3 is 12.1 Å². The van der Waals surface area contributed by atoms with Crippen LogP contribution in [0.3, 0.4) is 0 Å². The number of likely N-dealkylation sites (tertiary alicyclic amines) is 1. The smallest absolute Gasteiger partial charge is 0.415 e. The summed E-state index contributed by atoms with van der Waals surface area (Å²) >= 11 is 0. The monoisotopic (exact) mass is 529 g/mol. The lowest BCUT2D eigenvalue weighted by Gasteiger charge is -2.22. The minimum Gasteiger partial charge on any atom is -0.456 e. The van der Waals surface area contributed by atoms with Crippen molar-refractivity contribution in [2.45, 2.75) is 37.8 Å². The third-order valence-corrected chi connectivity index (χ3v) is 8.37. The van der Waals surface area contributed by atoms with Gasteiger partial charge in [0.15, 0.2) is 6.61 Å². The molecule has 1 aromatic carbocycles. The van der Waals surface area contributed by atoms with Gasteiger partial charge in [0.1, 0.15) is 11.5 Å². The topological polar surface area (TPSA) is 142 Å². The zero-order chi connectivity index (χ0) is 27.5. The molecule has 39 heavy (non-hydrogen) atoms. The third-order valence-electron chi connectivity index (χ3n) is 8.37. The maximum Gasteiger partial charge on any atom is 0.415 e. The van der Waals surface area contributed by atoms with Gasteiger partial charge < -0.3 is 19.7 Å². The number of hydrogen-bond donors (Lipinski definition) is 1. The van der Waals surface area contributed by atoms with Crippen molar-refractivity contribution in [1.29, 1.82) is 5.26 Å².